The minimum absolute atomic E-state index is 0.123. The molecule has 0 atom stereocenters. The fraction of sp³-hybridized carbons (Fsp3) is 0.429. The summed E-state index contributed by atoms with van der Waals surface area (Å²) in [6.45, 7) is 0. The van der Waals surface area contributed by atoms with Crippen molar-refractivity contribution in [3.63, 3.8) is 0 Å². The van der Waals surface area contributed by atoms with Crippen molar-refractivity contribution >= 4 is 0 Å². The van der Waals surface area contributed by atoms with Crippen LogP contribution in [-0.2, 0) is 4.74 Å². The van der Waals surface area contributed by atoms with Gasteiger partial charge in [0.15, 0.2) is 0 Å². The molecule has 0 unspecified atom stereocenters. The van der Waals surface area contributed by atoms with Crippen molar-refractivity contribution < 1.29 is 17.9 Å². The van der Waals surface area contributed by atoms with Gasteiger partial charge in [-0.25, -0.2) is 0 Å². The van der Waals surface area contributed by atoms with Crippen molar-refractivity contribution in [2.24, 2.45) is 5.73 Å². The molecule has 12 heavy (non-hydrogen) atoms. The van der Waals surface area contributed by atoms with Gasteiger partial charge in [0.25, 0.3) is 0 Å². The van der Waals surface area contributed by atoms with E-state index in [0.29, 0.717) is 12.1 Å². The molecule has 0 saturated heterocycles. The molecule has 0 heterocycles. The van der Waals surface area contributed by atoms with E-state index in [1.54, 1.807) is 6.08 Å². The van der Waals surface area contributed by atoms with Gasteiger partial charge in [-0.3, -0.25) is 0 Å². The molecule has 5 heteroatoms. The van der Waals surface area contributed by atoms with E-state index in [0.717, 1.165) is 0 Å². The smallest absolute Gasteiger partial charge is 0.410 e. The Balaban J connectivity index is 2.59. The van der Waals surface area contributed by atoms with Gasteiger partial charge in [-0.1, -0.05) is 6.08 Å². The highest BCUT2D eigenvalue weighted by atomic mass is 19.4. The number of alkyl halides is 3. The third kappa shape index (κ3) is 2.86. The monoisotopic (exact) mass is 179 g/mol. The predicted octanol–water partition coefficient (Wildman–Crippen LogP) is 2.04. The van der Waals surface area contributed by atoms with Crippen molar-refractivity contribution in [2.75, 3.05) is 0 Å². The van der Waals surface area contributed by atoms with Crippen LogP contribution in [0, 0.1) is 0 Å². The normalized spacial score (nSPS) is 18.2. The lowest BCUT2D eigenvalue weighted by atomic mass is 10.1. The Kier molecular flexibility index (Phi) is 2.30. The van der Waals surface area contributed by atoms with Gasteiger partial charge in [-0.05, 0) is 12.5 Å². The van der Waals surface area contributed by atoms with Gasteiger partial charge in [0.05, 0.1) is 0 Å². The topological polar surface area (TPSA) is 35.2 Å². The fourth-order valence-corrected chi connectivity index (χ4v) is 0.927. The Morgan fingerprint density at radius 3 is 2.58 bits per heavy atom. The number of halogens is 3. The Labute approximate surface area is 67.5 Å². The van der Waals surface area contributed by atoms with E-state index >= 15 is 0 Å². The Morgan fingerprint density at radius 1 is 1.42 bits per heavy atom. The SMILES string of the molecule is NC1=CCCC(OC(F)(F)F)=C1. The average Bonchev–Trinajstić information content (AvgIpc) is 1.82. The summed E-state index contributed by atoms with van der Waals surface area (Å²) in [7, 11) is 0. The van der Waals surface area contributed by atoms with Crippen molar-refractivity contribution in [1.29, 1.82) is 0 Å². The number of hydrogen-bond donors (Lipinski definition) is 1. The molecule has 1 aliphatic carbocycles. The van der Waals surface area contributed by atoms with Crippen molar-refractivity contribution in [3.8, 4) is 0 Å². The van der Waals surface area contributed by atoms with E-state index < -0.39 is 6.36 Å². The second-order valence-corrected chi connectivity index (χ2v) is 2.40. The number of allylic oxidation sites excluding steroid dienone is 3. The van der Waals surface area contributed by atoms with Gasteiger partial charge >= 0.3 is 6.36 Å². The number of ether oxygens (including phenoxy) is 1. The second-order valence-electron chi connectivity index (χ2n) is 2.40. The summed E-state index contributed by atoms with van der Waals surface area (Å²) < 4.78 is 38.6. The van der Waals surface area contributed by atoms with Crippen molar-refractivity contribution in [1.82, 2.24) is 0 Å². The summed E-state index contributed by atoms with van der Waals surface area (Å²) in [6.07, 6.45) is -1.02. The van der Waals surface area contributed by atoms with Gasteiger partial charge in [0, 0.05) is 12.1 Å². The average molecular weight is 179 g/mol. The highest BCUT2D eigenvalue weighted by Crippen LogP contribution is 2.25. The number of hydrogen-bond acceptors (Lipinski definition) is 2. The highest BCUT2D eigenvalue weighted by molar-refractivity contribution is 5.22. The maximum absolute atomic E-state index is 11.6. The van der Waals surface area contributed by atoms with Gasteiger partial charge < -0.3 is 10.5 Å². The van der Waals surface area contributed by atoms with E-state index in [9.17, 15) is 13.2 Å². The van der Waals surface area contributed by atoms with E-state index in [1.807, 2.05) is 0 Å². The van der Waals surface area contributed by atoms with Crippen LogP contribution in [-0.4, -0.2) is 6.36 Å². The van der Waals surface area contributed by atoms with Crippen LogP contribution in [0.4, 0.5) is 13.2 Å². The zero-order valence-corrected chi connectivity index (χ0v) is 6.19. The molecule has 0 saturated carbocycles. The summed E-state index contributed by atoms with van der Waals surface area (Å²) in [4.78, 5) is 0. The molecular weight excluding hydrogens is 171 g/mol. The summed E-state index contributed by atoms with van der Waals surface area (Å²) in [6, 6.07) is 0. The Hall–Kier alpha value is -1.13. The van der Waals surface area contributed by atoms with Crippen LogP contribution in [0.3, 0.4) is 0 Å². The lowest BCUT2D eigenvalue weighted by Gasteiger charge is -2.14. The van der Waals surface area contributed by atoms with Crippen LogP contribution in [0.2, 0.25) is 0 Å². The zero-order valence-electron chi connectivity index (χ0n) is 6.19. The van der Waals surface area contributed by atoms with E-state index in [4.69, 9.17) is 5.73 Å². The van der Waals surface area contributed by atoms with E-state index in [-0.39, 0.29) is 12.2 Å². The van der Waals surface area contributed by atoms with Crippen LogP contribution in [0.5, 0.6) is 0 Å². The first kappa shape index (κ1) is 8.96. The molecule has 0 spiro atoms. The standard InChI is InChI=1S/C7H8F3NO/c8-7(9,10)12-6-3-1-2-5(11)4-6/h2,4H,1,3,11H2. The molecule has 0 aromatic heterocycles. The molecule has 0 aliphatic heterocycles. The van der Waals surface area contributed by atoms with Gasteiger partial charge in [-0.15, -0.1) is 13.2 Å². The largest absolute Gasteiger partial charge is 0.572 e. The first-order valence-electron chi connectivity index (χ1n) is 3.39. The molecule has 1 rings (SSSR count). The quantitative estimate of drug-likeness (QED) is 0.668. The minimum atomic E-state index is -4.61. The first-order chi connectivity index (χ1) is 5.47. The molecule has 0 aromatic rings. The molecule has 0 fully saturated rings. The third-order valence-corrected chi connectivity index (χ3v) is 1.35. The van der Waals surface area contributed by atoms with Crippen LogP contribution < -0.4 is 5.73 Å². The van der Waals surface area contributed by atoms with Crippen LogP contribution in [0.1, 0.15) is 12.8 Å². The van der Waals surface area contributed by atoms with Crippen molar-refractivity contribution in [3.05, 3.63) is 23.6 Å². The second kappa shape index (κ2) is 3.08. The van der Waals surface area contributed by atoms with Gasteiger partial charge in [0.2, 0.25) is 0 Å². The third-order valence-electron chi connectivity index (χ3n) is 1.35. The van der Waals surface area contributed by atoms with Crippen molar-refractivity contribution in [2.45, 2.75) is 19.2 Å². The highest BCUT2D eigenvalue weighted by Gasteiger charge is 2.32. The fourth-order valence-electron chi connectivity index (χ4n) is 0.927. The van der Waals surface area contributed by atoms with E-state index in [1.165, 1.54) is 6.08 Å². The zero-order chi connectivity index (χ0) is 9.19. The number of rotatable bonds is 1. The predicted molar refractivity (Wildman–Crippen MR) is 36.7 cm³/mol. The van der Waals surface area contributed by atoms with Gasteiger partial charge in [0.1, 0.15) is 5.76 Å². The maximum atomic E-state index is 11.6. The first-order valence-corrected chi connectivity index (χ1v) is 3.39. The van der Waals surface area contributed by atoms with Gasteiger partial charge in [-0.2, -0.15) is 0 Å². The summed E-state index contributed by atoms with van der Waals surface area (Å²) in [5, 5.41) is 0. The molecule has 0 radical (unpaired) electrons. The molecule has 1 aliphatic rings. The molecule has 0 amide bonds. The van der Waals surface area contributed by atoms with Crippen LogP contribution >= 0.6 is 0 Å². The molecular formula is C7H8F3NO. The van der Waals surface area contributed by atoms with Crippen LogP contribution in [0.25, 0.3) is 0 Å². The maximum Gasteiger partial charge on any atom is 0.572 e. The summed E-state index contributed by atoms with van der Waals surface area (Å²) >= 11 is 0. The Morgan fingerprint density at radius 2 is 2.08 bits per heavy atom. The summed E-state index contributed by atoms with van der Waals surface area (Å²) in [5.41, 5.74) is 5.60. The molecule has 0 bridgehead atoms. The molecule has 2 nitrogen and oxygen atoms in total. The van der Waals surface area contributed by atoms with Crippen LogP contribution in [0.15, 0.2) is 23.6 Å². The molecule has 68 valence electrons. The minimum Gasteiger partial charge on any atom is -0.410 e. The lowest BCUT2D eigenvalue weighted by Crippen LogP contribution is -2.14. The Bertz CT molecular complexity index is 229. The lowest BCUT2D eigenvalue weighted by molar-refractivity contribution is -0.306. The number of nitrogens with two attached hydrogens (primary N) is 1. The summed E-state index contributed by atoms with van der Waals surface area (Å²) in [5.74, 6) is -0.123. The molecule has 2 N–H and O–H groups in total. The molecule has 0 aromatic carbocycles. The van der Waals surface area contributed by atoms with E-state index in [2.05, 4.69) is 4.74 Å².